The average Bonchev–Trinajstić information content (AvgIpc) is 3.11. The van der Waals surface area contributed by atoms with E-state index in [0.717, 1.165) is 34.6 Å². The van der Waals surface area contributed by atoms with E-state index in [9.17, 15) is 5.11 Å². The van der Waals surface area contributed by atoms with Crippen LogP contribution in [0.25, 0.3) is 10.8 Å². The number of fused-ring (bicyclic) bond motifs is 1. The van der Waals surface area contributed by atoms with Crippen molar-refractivity contribution >= 4 is 29.8 Å². The molecule has 1 aliphatic heterocycles. The fourth-order valence-corrected chi connectivity index (χ4v) is 9.29. The molecular weight excluding hydrogens is 433 g/mol. The Morgan fingerprint density at radius 2 is 1.50 bits per heavy atom. The van der Waals surface area contributed by atoms with E-state index in [1.54, 1.807) is 0 Å². The molecule has 2 unspecified atom stereocenters. The van der Waals surface area contributed by atoms with Crippen LogP contribution in [-0.2, 0) is 5.41 Å². The lowest BCUT2D eigenvalue weighted by atomic mass is 9.61. The number of benzene rings is 3. The molecule has 3 aromatic rings. The number of aliphatic imine (C=N–C) groups is 1. The Morgan fingerprint density at radius 1 is 0.882 bits per heavy atom. The Bertz CT molecular complexity index is 1250. The summed E-state index contributed by atoms with van der Waals surface area (Å²) in [5.41, 5.74) is 6.73. The number of hydrogen-bond acceptors (Lipinski definition) is 2. The van der Waals surface area contributed by atoms with Crippen molar-refractivity contribution in [2.45, 2.75) is 79.3 Å². The summed E-state index contributed by atoms with van der Waals surface area (Å²) in [5, 5.41) is 13.9. The molecule has 3 aromatic carbocycles. The standard InChI is InChI=1S/C31H40NOP/c1-20-18-21(2)26(22(3)19-20)32-28-31(29(4,5)6,16-17-34(28)30(7,8)9)25-15-14-23-12-10-11-13-24(23)27(25)33/h10-15,18-19,33H,16-17H2,1-9H3. The highest BCUT2D eigenvalue weighted by atomic mass is 31.1. The van der Waals surface area contributed by atoms with Crippen molar-refractivity contribution in [1.82, 2.24) is 0 Å². The van der Waals surface area contributed by atoms with Crippen LogP contribution in [0.4, 0.5) is 5.69 Å². The topological polar surface area (TPSA) is 32.6 Å². The summed E-state index contributed by atoms with van der Waals surface area (Å²) in [4.78, 5) is 5.60. The maximum Gasteiger partial charge on any atom is 0.127 e. The number of rotatable bonds is 2. The van der Waals surface area contributed by atoms with Gasteiger partial charge in [0.25, 0.3) is 0 Å². The fraction of sp³-hybridized carbons (Fsp3) is 0.452. The van der Waals surface area contributed by atoms with Gasteiger partial charge in [0.2, 0.25) is 0 Å². The zero-order valence-electron chi connectivity index (χ0n) is 22.4. The third-order valence-corrected chi connectivity index (χ3v) is 10.9. The molecular formula is C31H40NOP. The molecule has 0 aromatic heterocycles. The van der Waals surface area contributed by atoms with Gasteiger partial charge in [0.15, 0.2) is 0 Å². The molecule has 2 nitrogen and oxygen atoms in total. The number of aryl methyl sites for hydroxylation is 3. The van der Waals surface area contributed by atoms with Gasteiger partial charge in [-0.1, -0.05) is 104 Å². The molecule has 0 amide bonds. The summed E-state index contributed by atoms with van der Waals surface area (Å²) < 4.78 is 0. The zero-order chi connectivity index (χ0) is 25.1. The summed E-state index contributed by atoms with van der Waals surface area (Å²) in [7, 11) is -0.498. The molecule has 0 radical (unpaired) electrons. The van der Waals surface area contributed by atoms with Gasteiger partial charge >= 0.3 is 0 Å². The number of phenolic OH excluding ortho intramolecular Hbond substituents is 1. The quantitative estimate of drug-likeness (QED) is 0.370. The summed E-state index contributed by atoms with van der Waals surface area (Å²) in [6, 6.07) is 17.0. The van der Waals surface area contributed by atoms with Crippen LogP contribution in [0.3, 0.4) is 0 Å². The van der Waals surface area contributed by atoms with E-state index in [1.165, 1.54) is 22.1 Å². The summed E-state index contributed by atoms with van der Waals surface area (Å²) >= 11 is 0. The number of aromatic hydroxyl groups is 1. The lowest BCUT2D eigenvalue weighted by Gasteiger charge is -2.45. The van der Waals surface area contributed by atoms with Gasteiger partial charge in [-0.05, 0) is 60.4 Å². The van der Waals surface area contributed by atoms with Gasteiger partial charge in [0.1, 0.15) is 5.75 Å². The Labute approximate surface area is 207 Å². The van der Waals surface area contributed by atoms with Crippen molar-refractivity contribution in [2.75, 3.05) is 6.16 Å². The second-order valence-electron chi connectivity index (χ2n) is 12.1. The van der Waals surface area contributed by atoms with E-state index in [-0.39, 0.29) is 16.0 Å². The molecule has 0 saturated carbocycles. The van der Waals surface area contributed by atoms with Crippen LogP contribution >= 0.6 is 7.92 Å². The minimum atomic E-state index is -0.498. The largest absolute Gasteiger partial charge is 0.507 e. The van der Waals surface area contributed by atoms with Gasteiger partial charge in [-0.2, -0.15) is 0 Å². The van der Waals surface area contributed by atoms with Gasteiger partial charge < -0.3 is 5.11 Å². The van der Waals surface area contributed by atoms with Crippen molar-refractivity contribution in [1.29, 1.82) is 0 Å². The van der Waals surface area contributed by atoms with E-state index in [0.29, 0.717) is 5.75 Å². The first kappa shape index (κ1) is 24.9. The second kappa shape index (κ2) is 8.49. The second-order valence-corrected chi connectivity index (χ2v) is 15.2. The molecule has 2 atom stereocenters. The Hall–Kier alpha value is -2.18. The molecule has 180 valence electrons. The fourth-order valence-electron chi connectivity index (χ4n) is 5.96. The van der Waals surface area contributed by atoms with Crippen molar-refractivity contribution in [3.63, 3.8) is 0 Å². The first-order valence-corrected chi connectivity index (χ1v) is 14.0. The summed E-state index contributed by atoms with van der Waals surface area (Å²) in [6.45, 7) is 20.6. The van der Waals surface area contributed by atoms with Crippen molar-refractivity contribution in [3.8, 4) is 5.75 Å². The molecule has 1 heterocycles. The summed E-state index contributed by atoms with van der Waals surface area (Å²) in [6.07, 6.45) is 2.14. The highest BCUT2D eigenvalue weighted by molar-refractivity contribution is 7.77. The minimum Gasteiger partial charge on any atom is -0.507 e. The van der Waals surface area contributed by atoms with Crippen LogP contribution in [0.1, 0.15) is 70.2 Å². The first-order valence-electron chi connectivity index (χ1n) is 12.4. The lowest BCUT2D eigenvalue weighted by molar-refractivity contribution is 0.254. The van der Waals surface area contributed by atoms with Gasteiger partial charge in [-0.3, -0.25) is 4.99 Å². The molecule has 1 saturated heterocycles. The SMILES string of the molecule is Cc1cc(C)c(N=C2P(C(C)(C)C)CCC2(c2ccc3ccccc3c2O)C(C)(C)C)c(C)c1. The van der Waals surface area contributed by atoms with Crippen molar-refractivity contribution in [3.05, 3.63) is 70.8 Å². The highest BCUT2D eigenvalue weighted by Gasteiger charge is 2.57. The Kier molecular flexibility index (Phi) is 6.22. The molecule has 34 heavy (non-hydrogen) atoms. The maximum atomic E-state index is 11.7. The van der Waals surface area contributed by atoms with Gasteiger partial charge in [-0.15, -0.1) is 0 Å². The monoisotopic (exact) mass is 473 g/mol. The summed E-state index contributed by atoms with van der Waals surface area (Å²) in [5.74, 6) is 0.420. The highest BCUT2D eigenvalue weighted by Crippen LogP contribution is 2.68. The van der Waals surface area contributed by atoms with Crippen LogP contribution < -0.4 is 0 Å². The molecule has 1 aliphatic rings. The third-order valence-electron chi connectivity index (χ3n) is 7.65. The van der Waals surface area contributed by atoms with Crippen LogP contribution in [0.5, 0.6) is 5.75 Å². The van der Waals surface area contributed by atoms with E-state index in [2.05, 4.69) is 92.6 Å². The molecule has 4 rings (SSSR count). The lowest BCUT2D eigenvalue weighted by Crippen LogP contribution is -2.44. The Balaban J connectivity index is 2.09. The smallest absolute Gasteiger partial charge is 0.127 e. The van der Waals surface area contributed by atoms with E-state index in [1.807, 2.05) is 18.2 Å². The first-order chi connectivity index (χ1) is 15.8. The number of phenols is 1. The average molecular weight is 474 g/mol. The van der Waals surface area contributed by atoms with E-state index >= 15 is 0 Å². The van der Waals surface area contributed by atoms with Gasteiger partial charge in [0, 0.05) is 16.4 Å². The predicted molar refractivity (Wildman–Crippen MR) is 151 cm³/mol. The maximum absolute atomic E-state index is 11.7. The van der Waals surface area contributed by atoms with Crippen LogP contribution in [-0.4, -0.2) is 21.9 Å². The third kappa shape index (κ3) is 3.99. The zero-order valence-corrected chi connectivity index (χ0v) is 23.3. The van der Waals surface area contributed by atoms with Crippen molar-refractivity contribution < 1.29 is 5.11 Å². The number of nitrogens with zero attached hydrogens (tertiary/aromatic N) is 1. The normalized spacial score (nSPS) is 22.6. The Morgan fingerprint density at radius 3 is 2.09 bits per heavy atom. The molecule has 1 N–H and O–H groups in total. The number of hydrogen-bond donors (Lipinski definition) is 1. The van der Waals surface area contributed by atoms with Crippen LogP contribution in [0.2, 0.25) is 0 Å². The van der Waals surface area contributed by atoms with E-state index < -0.39 is 7.92 Å². The van der Waals surface area contributed by atoms with Gasteiger partial charge in [0.05, 0.1) is 11.1 Å². The molecule has 1 fully saturated rings. The minimum absolute atomic E-state index is 0.111. The van der Waals surface area contributed by atoms with Gasteiger partial charge in [-0.25, -0.2) is 0 Å². The van der Waals surface area contributed by atoms with Crippen molar-refractivity contribution in [2.24, 2.45) is 10.4 Å². The molecule has 0 aliphatic carbocycles. The predicted octanol–water partition coefficient (Wildman–Crippen LogP) is 9.17. The van der Waals surface area contributed by atoms with Crippen LogP contribution in [0.15, 0.2) is 53.5 Å². The van der Waals surface area contributed by atoms with E-state index in [4.69, 9.17) is 4.99 Å². The van der Waals surface area contributed by atoms with Crippen LogP contribution in [0, 0.1) is 26.2 Å². The molecule has 0 spiro atoms. The molecule has 3 heteroatoms. The molecule has 0 bridgehead atoms.